The van der Waals surface area contributed by atoms with Gasteiger partial charge in [-0.25, -0.2) is 8.78 Å². The number of carbonyl (C=O) groups excluding carboxylic acids is 3. The number of ether oxygens (including phenoxy) is 2. The van der Waals surface area contributed by atoms with Gasteiger partial charge in [0.05, 0.1) is 36.5 Å². The second kappa shape index (κ2) is 10.3. The minimum Gasteiger partial charge on any atom is -0.380 e. The molecule has 0 aliphatic carbocycles. The van der Waals surface area contributed by atoms with E-state index < -0.39 is 41.6 Å². The van der Waals surface area contributed by atoms with Gasteiger partial charge < -0.3 is 40.0 Å². The summed E-state index contributed by atoms with van der Waals surface area (Å²) in [6.07, 6.45) is -3.66. The van der Waals surface area contributed by atoms with Crippen molar-refractivity contribution in [3.8, 4) is 0 Å². The minimum absolute atomic E-state index is 0.0265. The lowest BCUT2D eigenvalue weighted by Gasteiger charge is -2.34. The van der Waals surface area contributed by atoms with Crippen molar-refractivity contribution in [2.24, 2.45) is 0 Å². The van der Waals surface area contributed by atoms with Crippen LogP contribution in [-0.2, 0) is 19.1 Å². The van der Waals surface area contributed by atoms with E-state index in [2.05, 4.69) is 10.5 Å². The molecule has 14 heteroatoms. The Morgan fingerprint density at radius 2 is 1.87 bits per heavy atom. The topological polar surface area (TPSA) is 160 Å². The van der Waals surface area contributed by atoms with Gasteiger partial charge in [-0.05, 0) is 24.3 Å². The van der Waals surface area contributed by atoms with Crippen LogP contribution in [0.5, 0.6) is 0 Å². The highest BCUT2D eigenvalue weighted by Crippen LogP contribution is 2.28. The Labute approximate surface area is 213 Å². The number of nitrogens with two attached hydrogens (primary N) is 1. The van der Waals surface area contributed by atoms with Crippen molar-refractivity contribution in [3.63, 3.8) is 0 Å². The van der Waals surface area contributed by atoms with E-state index in [1.807, 2.05) is 0 Å². The van der Waals surface area contributed by atoms with Gasteiger partial charge in [-0.2, -0.15) is 0 Å². The number of nitrogen functional groups attached to an aromatic ring is 1. The van der Waals surface area contributed by atoms with Crippen LogP contribution < -0.4 is 16.0 Å². The van der Waals surface area contributed by atoms with Crippen LogP contribution in [0.2, 0.25) is 0 Å². The van der Waals surface area contributed by atoms with Crippen LogP contribution in [-0.4, -0.2) is 84.5 Å². The first-order chi connectivity index (χ1) is 18.2. The van der Waals surface area contributed by atoms with E-state index >= 15 is 0 Å². The maximum Gasteiger partial charge on any atom is 0.259 e. The number of aliphatic hydroxyl groups is 1. The Bertz CT molecular complexity index is 1410. The molecule has 200 valence electrons. The van der Waals surface area contributed by atoms with Crippen molar-refractivity contribution < 1.29 is 42.3 Å². The number of rotatable bonds is 5. The Morgan fingerprint density at radius 1 is 1.11 bits per heavy atom. The Hall–Kier alpha value is -4.14. The highest BCUT2D eigenvalue weighted by Gasteiger charge is 2.40. The number of benzene rings is 2. The quantitative estimate of drug-likeness (QED) is 0.434. The molecule has 1 unspecified atom stereocenters. The van der Waals surface area contributed by atoms with Gasteiger partial charge in [0.25, 0.3) is 17.7 Å². The molecule has 38 heavy (non-hydrogen) atoms. The molecule has 3 amide bonds. The van der Waals surface area contributed by atoms with Crippen molar-refractivity contribution >= 4 is 45.9 Å². The number of morpholine rings is 2. The second-order valence-corrected chi connectivity index (χ2v) is 8.68. The fraction of sp³-hybridized carbons (Fsp3) is 0.333. The summed E-state index contributed by atoms with van der Waals surface area (Å²) >= 11 is 0. The molecule has 1 aromatic heterocycles. The molecule has 2 fully saturated rings. The average Bonchev–Trinajstić information content (AvgIpc) is 3.28. The number of hydrogen-bond donors (Lipinski definition) is 3. The van der Waals surface area contributed by atoms with E-state index in [0.29, 0.717) is 26.3 Å². The lowest BCUT2D eigenvalue weighted by Crippen LogP contribution is -2.55. The standard InChI is InChI=1S/C24H23F2N5O7/c25-15-2-1-12(9-13(15)23(34)30-3-6-36-7-4-30)31-5-8-37-20(24(31)35)19(32)22(33)28-17-11-18-14(10-16(17)26)21(27)29-38-18/h1-2,9-11,19-20,32H,3-8H2,(H2,27,29)(H,28,33)/t19?,20-/m1/s1. The zero-order valence-corrected chi connectivity index (χ0v) is 19.9. The first-order valence-electron chi connectivity index (χ1n) is 11.7. The molecule has 2 saturated heterocycles. The lowest BCUT2D eigenvalue weighted by molar-refractivity contribution is -0.150. The molecular formula is C24H23F2N5O7. The molecule has 4 N–H and O–H groups in total. The number of amides is 3. The average molecular weight is 531 g/mol. The Kier molecular flexibility index (Phi) is 6.93. The molecule has 0 radical (unpaired) electrons. The van der Waals surface area contributed by atoms with Crippen LogP contribution in [0, 0.1) is 11.6 Å². The monoisotopic (exact) mass is 531 g/mol. The minimum atomic E-state index is -2.02. The molecule has 0 bridgehead atoms. The largest absolute Gasteiger partial charge is 0.380 e. The number of aromatic nitrogens is 1. The van der Waals surface area contributed by atoms with Crippen molar-refractivity contribution in [1.29, 1.82) is 0 Å². The highest BCUT2D eigenvalue weighted by atomic mass is 19.1. The van der Waals surface area contributed by atoms with Gasteiger partial charge in [-0.15, -0.1) is 0 Å². The number of anilines is 3. The summed E-state index contributed by atoms with van der Waals surface area (Å²) in [7, 11) is 0. The zero-order chi connectivity index (χ0) is 27.0. The van der Waals surface area contributed by atoms with E-state index in [4.69, 9.17) is 19.7 Å². The van der Waals surface area contributed by atoms with Crippen LogP contribution >= 0.6 is 0 Å². The number of nitrogens with zero attached hydrogens (tertiary/aromatic N) is 3. The number of aliphatic hydroxyl groups excluding tert-OH is 1. The summed E-state index contributed by atoms with van der Waals surface area (Å²) in [4.78, 5) is 41.4. The van der Waals surface area contributed by atoms with E-state index in [1.165, 1.54) is 21.9 Å². The fourth-order valence-corrected chi connectivity index (χ4v) is 4.29. The zero-order valence-electron chi connectivity index (χ0n) is 19.9. The van der Waals surface area contributed by atoms with Crippen LogP contribution in [0.4, 0.5) is 26.0 Å². The molecule has 0 spiro atoms. The Balaban J connectivity index is 1.32. The molecule has 2 aromatic carbocycles. The predicted molar refractivity (Wildman–Crippen MR) is 128 cm³/mol. The molecule has 0 saturated carbocycles. The first kappa shape index (κ1) is 25.5. The van der Waals surface area contributed by atoms with E-state index in [9.17, 15) is 28.3 Å². The van der Waals surface area contributed by atoms with Gasteiger partial charge in [0.2, 0.25) is 0 Å². The summed E-state index contributed by atoms with van der Waals surface area (Å²) in [6, 6.07) is 5.77. The van der Waals surface area contributed by atoms with Gasteiger partial charge in [0.15, 0.2) is 23.6 Å². The normalized spacial score (nSPS) is 19.0. The summed E-state index contributed by atoms with van der Waals surface area (Å²) in [5, 5.41) is 16.5. The lowest BCUT2D eigenvalue weighted by atomic mass is 10.1. The van der Waals surface area contributed by atoms with Gasteiger partial charge in [-0.1, -0.05) is 5.16 Å². The molecule has 2 atom stereocenters. The van der Waals surface area contributed by atoms with Crippen molar-refractivity contribution in [3.05, 3.63) is 47.5 Å². The molecule has 2 aliphatic rings. The molecule has 3 heterocycles. The molecule has 2 aliphatic heterocycles. The van der Waals surface area contributed by atoms with Gasteiger partial charge >= 0.3 is 0 Å². The number of fused-ring (bicyclic) bond motifs is 1. The first-order valence-corrected chi connectivity index (χ1v) is 11.7. The molecular weight excluding hydrogens is 508 g/mol. The van der Waals surface area contributed by atoms with Gasteiger partial charge in [0, 0.05) is 31.4 Å². The SMILES string of the molecule is Nc1noc2cc(NC(=O)C(O)[C@H]3OCCN(c4ccc(F)c(C(=O)N5CCOCC5)c4)C3=O)c(F)cc12. The molecule has 12 nitrogen and oxygen atoms in total. The number of carbonyl (C=O) groups is 3. The van der Waals surface area contributed by atoms with E-state index in [0.717, 1.165) is 18.2 Å². The van der Waals surface area contributed by atoms with Crippen LogP contribution in [0.25, 0.3) is 11.0 Å². The number of nitrogens with one attached hydrogen (secondary N) is 1. The number of hydrogen-bond acceptors (Lipinski definition) is 9. The van der Waals surface area contributed by atoms with Crippen LogP contribution in [0.3, 0.4) is 0 Å². The summed E-state index contributed by atoms with van der Waals surface area (Å²) in [6.45, 7) is 1.24. The highest BCUT2D eigenvalue weighted by molar-refractivity contribution is 6.05. The van der Waals surface area contributed by atoms with Crippen LogP contribution in [0.1, 0.15) is 10.4 Å². The molecule has 5 rings (SSSR count). The predicted octanol–water partition coefficient (Wildman–Crippen LogP) is 0.892. The summed E-state index contributed by atoms with van der Waals surface area (Å²) in [5.74, 6) is -4.11. The summed E-state index contributed by atoms with van der Waals surface area (Å²) in [5.41, 5.74) is 5.32. The summed E-state index contributed by atoms with van der Waals surface area (Å²) < 4.78 is 44.6. The third kappa shape index (κ3) is 4.76. The fourth-order valence-electron chi connectivity index (χ4n) is 4.29. The maximum atomic E-state index is 14.5. The number of halogens is 2. The van der Waals surface area contributed by atoms with E-state index in [-0.39, 0.29) is 46.9 Å². The van der Waals surface area contributed by atoms with Crippen molar-refractivity contribution in [1.82, 2.24) is 10.1 Å². The molecule has 3 aromatic rings. The third-order valence-electron chi connectivity index (χ3n) is 6.31. The second-order valence-electron chi connectivity index (χ2n) is 8.68. The van der Waals surface area contributed by atoms with Crippen molar-refractivity contribution in [2.45, 2.75) is 12.2 Å². The maximum absolute atomic E-state index is 14.5. The smallest absolute Gasteiger partial charge is 0.259 e. The van der Waals surface area contributed by atoms with Crippen LogP contribution in [0.15, 0.2) is 34.9 Å². The van der Waals surface area contributed by atoms with Gasteiger partial charge in [-0.3, -0.25) is 14.4 Å². The van der Waals surface area contributed by atoms with Gasteiger partial charge in [0.1, 0.15) is 11.6 Å². The van der Waals surface area contributed by atoms with Crippen molar-refractivity contribution in [2.75, 3.05) is 55.4 Å². The van der Waals surface area contributed by atoms with E-state index in [1.54, 1.807) is 0 Å². The third-order valence-corrected chi connectivity index (χ3v) is 6.31. The Morgan fingerprint density at radius 3 is 2.63 bits per heavy atom.